The lowest BCUT2D eigenvalue weighted by Gasteiger charge is -2.44. The van der Waals surface area contributed by atoms with E-state index in [1.54, 1.807) is 0 Å². The number of aryl methyl sites for hydroxylation is 1. The Hall–Kier alpha value is -0.900. The molecule has 2 saturated heterocycles. The molecule has 0 aromatic heterocycles. The van der Waals surface area contributed by atoms with Crippen LogP contribution < -0.4 is 5.32 Å². The molecule has 3 nitrogen and oxygen atoms in total. The van der Waals surface area contributed by atoms with Gasteiger partial charge in [-0.25, -0.2) is 0 Å². The fraction of sp³-hybridized carbons (Fsp3) is 0.684. The predicted molar refractivity (Wildman–Crippen MR) is 91.4 cm³/mol. The van der Waals surface area contributed by atoms with E-state index >= 15 is 0 Å². The van der Waals surface area contributed by atoms with Crippen molar-refractivity contribution in [3.8, 4) is 0 Å². The van der Waals surface area contributed by atoms with Crippen LogP contribution in [-0.4, -0.2) is 61.2 Å². The minimum Gasteiger partial charge on any atom is -0.316 e. The normalized spacial score (nSPS) is 31.3. The van der Waals surface area contributed by atoms with Gasteiger partial charge in [-0.3, -0.25) is 9.80 Å². The Bertz CT molecular complexity index is 486. The maximum Gasteiger partial charge on any atom is 0.0189 e. The van der Waals surface area contributed by atoms with Gasteiger partial charge in [0.2, 0.25) is 0 Å². The first-order chi connectivity index (χ1) is 10.8. The molecular formula is C19H29N3. The highest BCUT2D eigenvalue weighted by atomic mass is 15.3. The standard InChI is InChI=1S/C19H29N3/c1-15-2-4-16(5-3-15)18-14-20-9-8-19(18)22-12-10-21(11-13-22)17-6-7-17/h2-5,17-20H,6-14H2,1H3. The lowest BCUT2D eigenvalue weighted by molar-refractivity contribution is 0.0684. The van der Waals surface area contributed by atoms with Gasteiger partial charge in [0.05, 0.1) is 0 Å². The molecule has 0 radical (unpaired) electrons. The maximum absolute atomic E-state index is 3.62. The van der Waals surface area contributed by atoms with Gasteiger partial charge in [-0.15, -0.1) is 0 Å². The van der Waals surface area contributed by atoms with Crippen molar-refractivity contribution in [3.63, 3.8) is 0 Å². The zero-order valence-electron chi connectivity index (χ0n) is 13.8. The molecule has 2 heterocycles. The molecule has 1 N–H and O–H groups in total. The second-order valence-electron chi connectivity index (χ2n) is 7.38. The second kappa shape index (κ2) is 6.31. The van der Waals surface area contributed by atoms with Gasteiger partial charge in [0.25, 0.3) is 0 Å². The van der Waals surface area contributed by atoms with Gasteiger partial charge in [-0.2, -0.15) is 0 Å². The lowest BCUT2D eigenvalue weighted by atomic mass is 9.85. The average molecular weight is 299 g/mol. The molecule has 1 aromatic carbocycles. The van der Waals surface area contributed by atoms with Gasteiger partial charge < -0.3 is 5.32 Å². The molecule has 1 aliphatic carbocycles. The first-order valence-electron chi connectivity index (χ1n) is 9.06. The van der Waals surface area contributed by atoms with Crippen LogP contribution in [-0.2, 0) is 0 Å². The van der Waals surface area contributed by atoms with E-state index in [9.17, 15) is 0 Å². The summed E-state index contributed by atoms with van der Waals surface area (Å²) in [4.78, 5) is 5.50. The third kappa shape index (κ3) is 3.08. The van der Waals surface area contributed by atoms with Crippen molar-refractivity contribution in [2.75, 3.05) is 39.3 Å². The molecule has 120 valence electrons. The van der Waals surface area contributed by atoms with Gasteiger partial charge in [0.15, 0.2) is 0 Å². The van der Waals surface area contributed by atoms with E-state index in [0.717, 1.165) is 18.6 Å². The van der Waals surface area contributed by atoms with Crippen molar-refractivity contribution in [2.24, 2.45) is 0 Å². The number of hydrogen-bond donors (Lipinski definition) is 1. The summed E-state index contributed by atoms with van der Waals surface area (Å²) < 4.78 is 0. The zero-order chi connectivity index (χ0) is 14.9. The third-order valence-corrected chi connectivity index (χ3v) is 5.83. The van der Waals surface area contributed by atoms with Crippen molar-refractivity contribution < 1.29 is 0 Å². The molecule has 3 heteroatoms. The Labute approximate surface area is 134 Å². The molecule has 2 aliphatic heterocycles. The lowest BCUT2D eigenvalue weighted by Crippen LogP contribution is -2.55. The average Bonchev–Trinajstić information content (AvgIpc) is 3.41. The van der Waals surface area contributed by atoms with E-state index in [4.69, 9.17) is 0 Å². The summed E-state index contributed by atoms with van der Waals surface area (Å²) in [6, 6.07) is 10.9. The van der Waals surface area contributed by atoms with Gasteiger partial charge in [0, 0.05) is 50.7 Å². The maximum atomic E-state index is 3.62. The first kappa shape index (κ1) is 14.7. The number of piperidine rings is 1. The van der Waals surface area contributed by atoms with Crippen molar-refractivity contribution >= 4 is 0 Å². The fourth-order valence-corrected chi connectivity index (χ4v) is 4.31. The van der Waals surface area contributed by atoms with Gasteiger partial charge >= 0.3 is 0 Å². The molecule has 4 rings (SSSR count). The van der Waals surface area contributed by atoms with Crippen LogP contribution in [0.1, 0.15) is 36.3 Å². The van der Waals surface area contributed by atoms with Gasteiger partial charge in [-0.05, 0) is 38.3 Å². The summed E-state index contributed by atoms with van der Waals surface area (Å²) in [5.41, 5.74) is 2.88. The van der Waals surface area contributed by atoms with E-state index in [-0.39, 0.29) is 0 Å². The third-order valence-electron chi connectivity index (χ3n) is 5.83. The molecule has 0 amide bonds. The van der Waals surface area contributed by atoms with Crippen LogP contribution in [0.3, 0.4) is 0 Å². The molecule has 3 fully saturated rings. The summed E-state index contributed by atoms with van der Waals surface area (Å²) in [5.74, 6) is 0.654. The highest BCUT2D eigenvalue weighted by Crippen LogP contribution is 2.31. The summed E-state index contributed by atoms with van der Waals surface area (Å²) in [5, 5.41) is 3.62. The smallest absolute Gasteiger partial charge is 0.0189 e. The largest absolute Gasteiger partial charge is 0.316 e. The summed E-state index contributed by atoms with van der Waals surface area (Å²) >= 11 is 0. The topological polar surface area (TPSA) is 18.5 Å². The Morgan fingerprint density at radius 3 is 2.27 bits per heavy atom. The van der Waals surface area contributed by atoms with E-state index in [1.165, 1.54) is 63.1 Å². The summed E-state index contributed by atoms with van der Waals surface area (Å²) in [6.45, 7) is 9.60. The van der Waals surface area contributed by atoms with Crippen molar-refractivity contribution in [3.05, 3.63) is 35.4 Å². The molecule has 3 aliphatic rings. The van der Waals surface area contributed by atoms with E-state index in [1.807, 2.05) is 0 Å². The van der Waals surface area contributed by atoms with Crippen LogP contribution in [0.4, 0.5) is 0 Å². The monoisotopic (exact) mass is 299 g/mol. The van der Waals surface area contributed by atoms with E-state index < -0.39 is 0 Å². The Morgan fingerprint density at radius 2 is 1.59 bits per heavy atom. The molecule has 0 bridgehead atoms. The number of hydrogen-bond acceptors (Lipinski definition) is 3. The van der Waals surface area contributed by atoms with Gasteiger partial charge in [0.1, 0.15) is 0 Å². The predicted octanol–water partition coefficient (Wildman–Crippen LogP) is 2.22. The molecule has 2 unspecified atom stereocenters. The summed E-state index contributed by atoms with van der Waals surface area (Å²) in [6.07, 6.45) is 4.18. The minimum atomic E-state index is 0.654. The molecule has 0 spiro atoms. The number of nitrogens with zero attached hydrogens (tertiary/aromatic N) is 2. The highest BCUT2D eigenvalue weighted by Gasteiger charge is 2.36. The minimum absolute atomic E-state index is 0.654. The van der Waals surface area contributed by atoms with Crippen molar-refractivity contribution in [1.82, 2.24) is 15.1 Å². The van der Waals surface area contributed by atoms with Crippen LogP contribution in [0.2, 0.25) is 0 Å². The Kier molecular flexibility index (Phi) is 4.21. The van der Waals surface area contributed by atoms with Gasteiger partial charge in [-0.1, -0.05) is 29.8 Å². The van der Waals surface area contributed by atoms with E-state index in [2.05, 4.69) is 46.3 Å². The zero-order valence-corrected chi connectivity index (χ0v) is 13.8. The van der Waals surface area contributed by atoms with Crippen LogP contribution >= 0.6 is 0 Å². The SMILES string of the molecule is Cc1ccc(C2CNCCC2N2CCN(C3CC3)CC2)cc1. The molecule has 22 heavy (non-hydrogen) atoms. The number of piperazine rings is 1. The van der Waals surface area contributed by atoms with Crippen molar-refractivity contribution in [2.45, 2.75) is 44.2 Å². The summed E-state index contributed by atoms with van der Waals surface area (Å²) in [7, 11) is 0. The second-order valence-corrected chi connectivity index (χ2v) is 7.38. The van der Waals surface area contributed by atoms with Crippen molar-refractivity contribution in [1.29, 1.82) is 0 Å². The highest BCUT2D eigenvalue weighted by molar-refractivity contribution is 5.27. The first-order valence-corrected chi connectivity index (χ1v) is 9.06. The molecule has 1 aromatic rings. The number of rotatable bonds is 3. The number of nitrogens with one attached hydrogen (secondary N) is 1. The van der Waals surface area contributed by atoms with Crippen LogP contribution in [0.5, 0.6) is 0 Å². The van der Waals surface area contributed by atoms with Crippen LogP contribution in [0.15, 0.2) is 24.3 Å². The van der Waals surface area contributed by atoms with Crippen LogP contribution in [0.25, 0.3) is 0 Å². The fourth-order valence-electron chi connectivity index (χ4n) is 4.31. The molecule has 2 atom stereocenters. The van der Waals surface area contributed by atoms with E-state index in [0.29, 0.717) is 5.92 Å². The molecule has 1 saturated carbocycles. The van der Waals surface area contributed by atoms with Crippen LogP contribution in [0, 0.1) is 6.92 Å². The Balaban J connectivity index is 1.45. The quantitative estimate of drug-likeness (QED) is 0.923. The number of benzene rings is 1. The molecular weight excluding hydrogens is 270 g/mol. The Morgan fingerprint density at radius 1 is 0.909 bits per heavy atom.